The maximum atomic E-state index is 12.2. The van der Waals surface area contributed by atoms with Gasteiger partial charge in [0.05, 0.1) is 0 Å². The highest BCUT2D eigenvalue weighted by Crippen LogP contribution is 2.21. The molecule has 2 fully saturated rings. The van der Waals surface area contributed by atoms with E-state index >= 15 is 0 Å². The van der Waals surface area contributed by atoms with Crippen LogP contribution < -0.4 is 5.73 Å². The average Bonchev–Trinajstić information content (AvgIpc) is 2.38. The number of ether oxygens (including phenoxy) is 1. The molecule has 2 aliphatic heterocycles. The molecule has 0 saturated carbocycles. The highest BCUT2D eigenvalue weighted by molar-refractivity contribution is 5.68. The molecule has 1 atom stereocenters. The number of likely N-dealkylation sites (tertiary alicyclic amines) is 2. The summed E-state index contributed by atoms with van der Waals surface area (Å²) in [6.07, 6.45) is 4.21. The third-order valence-corrected chi connectivity index (χ3v) is 4.14. The summed E-state index contributed by atoms with van der Waals surface area (Å²) in [6.45, 7) is 9.49. The van der Waals surface area contributed by atoms with Gasteiger partial charge in [-0.15, -0.1) is 0 Å². The van der Waals surface area contributed by atoms with Crippen molar-refractivity contribution in [3.8, 4) is 0 Å². The van der Waals surface area contributed by atoms with E-state index in [4.69, 9.17) is 10.5 Å². The molecule has 2 N–H and O–H groups in total. The Labute approximate surface area is 122 Å². The molecule has 20 heavy (non-hydrogen) atoms. The van der Waals surface area contributed by atoms with E-state index in [1.54, 1.807) is 0 Å². The standard InChI is InChI=1S/C15H29N3O2/c1-15(2,3)20-14(19)18-8-4-5-13(11-18)17-9-6-12(16)7-10-17/h12-13H,4-11,16H2,1-3H3. The van der Waals surface area contributed by atoms with E-state index in [1.165, 1.54) is 6.42 Å². The molecule has 5 nitrogen and oxygen atoms in total. The quantitative estimate of drug-likeness (QED) is 0.797. The lowest BCUT2D eigenvalue weighted by atomic mass is 9.99. The Bertz CT molecular complexity index is 333. The molecule has 2 aliphatic rings. The van der Waals surface area contributed by atoms with E-state index in [9.17, 15) is 4.79 Å². The summed E-state index contributed by atoms with van der Waals surface area (Å²) in [7, 11) is 0. The minimum atomic E-state index is -0.415. The van der Waals surface area contributed by atoms with Gasteiger partial charge in [-0.1, -0.05) is 0 Å². The summed E-state index contributed by atoms with van der Waals surface area (Å²) in [5, 5.41) is 0. The van der Waals surface area contributed by atoms with Gasteiger partial charge in [0.1, 0.15) is 5.60 Å². The van der Waals surface area contributed by atoms with Crippen molar-refractivity contribution in [1.82, 2.24) is 9.80 Å². The van der Waals surface area contributed by atoms with Crippen molar-refractivity contribution in [2.24, 2.45) is 5.73 Å². The van der Waals surface area contributed by atoms with Crippen molar-refractivity contribution in [2.75, 3.05) is 26.2 Å². The van der Waals surface area contributed by atoms with Crippen LogP contribution in [0, 0.1) is 0 Å². The van der Waals surface area contributed by atoms with Gasteiger partial charge in [0, 0.05) is 25.2 Å². The largest absolute Gasteiger partial charge is 0.444 e. The molecule has 2 saturated heterocycles. The third-order valence-electron chi connectivity index (χ3n) is 4.14. The Morgan fingerprint density at radius 1 is 1.15 bits per heavy atom. The summed E-state index contributed by atoms with van der Waals surface area (Å²) in [5.74, 6) is 0. The van der Waals surface area contributed by atoms with Gasteiger partial charge in [0.25, 0.3) is 0 Å². The fourth-order valence-electron chi connectivity index (χ4n) is 3.03. The van der Waals surface area contributed by atoms with Crippen LogP contribution >= 0.6 is 0 Å². The van der Waals surface area contributed by atoms with Crippen LogP contribution in [0.2, 0.25) is 0 Å². The second kappa shape index (κ2) is 6.31. The van der Waals surface area contributed by atoms with E-state index in [1.807, 2.05) is 25.7 Å². The molecule has 2 heterocycles. The van der Waals surface area contributed by atoms with Crippen LogP contribution in [0.4, 0.5) is 4.79 Å². The van der Waals surface area contributed by atoms with Gasteiger partial charge in [0.15, 0.2) is 0 Å². The van der Waals surface area contributed by atoms with E-state index in [0.717, 1.165) is 45.4 Å². The normalized spacial score (nSPS) is 26.6. The number of amides is 1. The van der Waals surface area contributed by atoms with Crippen molar-refractivity contribution in [1.29, 1.82) is 0 Å². The lowest BCUT2D eigenvalue weighted by molar-refractivity contribution is 0.00835. The molecule has 0 aromatic heterocycles. The molecule has 116 valence electrons. The number of piperidine rings is 2. The first-order valence-electron chi connectivity index (χ1n) is 7.83. The first kappa shape index (κ1) is 15.6. The van der Waals surface area contributed by atoms with Crippen LogP contribution in [-0.4, -0.2) is 59.8 Å². The molecule has 1 amide bonds. The minimum Gasteiger partial charge on any atom is -0.444 e. The van der Waals surface area contributed by atoms with Crippen molar-refractivity contribution in [2.45, 2.75) is 64.1 Å². The fourth-order valence-corrected chi connectivity index (χ4v) is 3.03. The average molecular weight is 283 g/mol. The lowest BCUT2D eigenvalue weighted by Crippen LogP contribution is -2.53. The zero-order chi connectivity index (χ0) is 14.8. The Kier molecular flexibility index (Phi) is 4.91. The number of hydrogen-bond acceptors (Lipinski definition) is 4. The number of rotatable bonds is 1. The zero-order valence-electron chi connectivity index (χ0n) is 13.1. The van der Waals surface area contributed by atoms with Crippen LogP contribution in [0.3, 0.4) is 0 Å². The Morgan fingerprint density at radius 2 is 1.80 bits per heavy atom. The van der Waals surface area contributed by atoms with Crippen LogP contribution in [0.1, 0.15) is 46.5 Å². The van der Waals surface area contributed by atoms with E-state index in [2.05, 4.69) is 4.90 Å². The topological polar surface area (TPSA) is 58.8 Å². The number of nitrogens with zero attached hydrogens (tertiary/aromatic N) is 2. The molecular formula is C15H29N3O2. The second-order valence-corrected chi connectivity index (χ2v) is 7.10. The summed E-state index contributed by atoms with van der Waals surface area (Å²) >= 11 is 0. The summed E-state index contributed by atoms with van der Waals surface area (Å²) in [5.41, 5.74) is 5.55. The predicted octanol–water partition coefficient (Wildman–Crippen LogP) is 1.81. The van der Waals surface area contributed by atoms with Crippen molar-refractivity contribution < 1.29 is 9.53 Å². The molecular weight excluding hydrogens is 254 g/mol. The highest BCUT2D eigenvalue weighted by atomic mass is 16.6. The van der Waals surface area contributed by atoms with E-state index < -0.39 is 5.60 Å². The van der Waals surface area contributed by atoms with Gasteiger partial charge in [-0.2, -0.15) is 0 Å². The monoisotopic (exact) mass is 283 g/mol. The first-order valence-corrected chi connectivity index (χ1v) is 7.83. The van der Waals surface area contributed by atoms with Crippen molar-refractivity contribution >= 4 is 6.09 Å². The van der Waals surface area contributed by atoms with Gasteiger partial charge < -0.3 is 15.4 Å². The SMILES string of the molecule is CC(C)(C)OC(=O)N1CCCC(N2CCC(N)CC2)C1. The van der Waals surface area contributed by atoms with Gasteiger partial charge in [-0.05, 0) is 59.5 Å². The number of hydrogen-bond donors (Lipinski definition) is 1. The predicted molar refractivity (Wildman–Crippen MR) is 79.6 cm³/mol. The smallest absolute Gasteiger partial charge is 0.410 e. The highest BCUT2D eigenvalue weighted by Gasteiger charge is 2.31. The number of nitrogens with two attached hydrogens (primary N) is 1. The number of carbonyl (C=O) groups is 1. The van der Waals surface area contributed by atoms with Gasteiger partial charge in [0.2, 0.25) is 0 Å². The van der Waals surface area contributed by atoms with Crippen LogP contribution in [0.5, 0.6) is 0 Å². The Balaban J connectivity index is 1.86. The van der Waals surface area contributed by atoms with Crippen molar-refractivity contribution in [3.05, 3.63) is 0 Å². The molecule has 1 unspecified atom stereocenters. The van der Waals surface area contributed by atoms with Crippen LogP contribution in [-0.2, 0) is 4.74 Å². The molecule has 0 aromatic carbocycles. The van der Waals surface area contributed by atoms with Crippen LogP contribution in [0.15, 0.2) is 0 Å². The minimum absolute atomic E-state index is 0.170. The van der Waals surface area contributed by atoms with Gasteiger partial charge in [-0.25, -0.2) is 4.79 Å². The maximum Gasteiger partial charge on any atom is 0.410 e. The van der Waals surface area contributed by atoms with E-state index in [0.29, 0.717) is 12.1 Å². The molecule has 0 radical (unpaired) electrons. The fraction of sp³-hybridized carbons (Fsp3) is 0.933. The molecule has 0 spiro atoms. The lowest BCUT2D eigenvalue weighted by Gasteiger charge is -2.42. The number of carbonyl (C=O) groups excluding carboxylic acids is 1. The molecule has 0 bridgehead atoms. The second-order valence-electron chi connectivity index (χ2n) is 7.10. The van der Waals surface area contributed by atoms with Gasteiger partial charge >= 0.3 is 6.09 Å². The van der Waals surface area contributed by atoms with Crippen molar-refractivity contribution in [3.63, 3.8) is 0 Å². The summed E-state index contributed by atoms with van der Waals surface area (Å²) in [6, 6.07) is 0.834. The van der Waals surface area contributed by atoms with E-state index in [-0.39, 0.29) is 6.09 Å². The molecule has 0 aliphatic carbocycles. The van der Waals surface area contributed by atoms with Gasteiger partial charge in [-0.3, -0.25) is 4.90 Å². The first-order chi connectivity index (χ1) is 9.35. The third kappa shape index (κ3) is 4.35. The summed E-state index contributed by atoms with van der Waals surface area (Å²) < 4.78 is 5.48. The zero-order valence-corrected chi connectivity index (χ0v) is 13.1. The molecule has 5 heteroatoms. The Hall–Kier alpha value is -0.810. The van der Waals surface area contributed by atoms with Crippen LogP contribution in [0.25, 0.3) is 0 Å². The molecule has 2 rings (SSSR count). The maximum absolute atomic E-state index is 12.2. The molecule has 0 aromatic rings. The Morgan fingerprint density at radius 3 is 2.40 bits per heavy atom. The summed E-state index contributed by atoms with van der Waals surface area (Å²) in [4.78, 5) is 16.5.